The lowest BCUT2D eigenvalue weighted by molar-refractivity contribution is 0.0874. The first-order valence-electron chi connectivity index (χ1n) is 6.34. The Balaban J connectivity index is 1.93. The Kier molecular flexibility index (Phi) is 5.31. The predicted molar refractivity (Wildman–Crippen MR) is 76.3 cm³/mol. The molecule has 0 aliphatic carbocycles. The first-order valence-corrected chi connectivity index (χ1v) is 7.10. The fraction of sp³-hybridized carbons (Fsp3) is 0.571. The molecule has 1 fully saturated rings. The first-order chi connectivity index (χ1) is 8.69. The van der Waals surface area contributed by atoms with E-state index in [-0.39, 0.29) is 0 Å². The van der Waals surface area contributed by atoms with Crippen LogP contribution in [-0.4, -0.2) is 31.7 Å². The van der Waals surface area contributed by atoms with E-state index >= 15 is 0 Å². The van der Waals surface area contributed by atoms with Gasteiger partial charge in [0.05, 0.1) is 16.7 Å². The zero-order valence-corrected chi connectivity index (χ0v) is 12.2. The van der Waals surface area contributed by atoms with Gasteiger partial charge in [-0.25, -0.2) is 0 Å². The molecule has 1 aromatic carbocycles. The molecule has 1 heterocycles. The summed E-state index contributed by atoms with van der Waals surface area (Å²) in [6.07, 6.45) is 2.51. The summed E-state index contributed by atoms with van der Waals surface area (Å²) in [6.45, 7) is 4.06. The number of methoxy groups -OCH3 is 1. The average molecular weight is 288 g/mol. The molecule has 1 aliphatic rings. The van der Waals surface area contributed by atoms with E-state index in [2.05, 4.69) is 4.90 Å². The highest BCUT2D eigenvalue weighted by atomic mass is 35.5. The number of piperidine rings is 1. The van der Waals surface area contributed by atoms with E-state index in [4.69, 9.17) is 27.9 Å². The van der Waals surface area contributed by atoms with Crippen molar-refractivity contribution in [2.24, 2.45) is 5.92 Å². The van der Waals surface area contributed by atoms with Gasteiger partial charge < -0.3 is 4.74 Å². The van der Waals surface area contributed by atoms with Crippen LogP contribution in [0, 0.1) is 5.92 Å². The number of hydrogen-bond donors (Lipinski definition) is 0. The fourth-order valence-corrected chi connectivity index (χ4v) is 2.88. The predicted octanol–water partition coefficient (Wildman–Crippen LogP) is 3.85. The molecule has 1 saturated heterocycles. The molecule has 18 heavy (non-hydrogen) atoms. The van der Waals surface area contributed by atoms with E-state index in [0.717, 1.165) is 26.2 Å². The van der Waals surface area contributed by atoms with Gasteiger partial charge in [-0.2, -0.15) is 0 Å². The average Bonchev–Trinajstić information content (AvgIpc) is 2.35. The minimum Gasteiger partial charge on any atom is -0.384 e. The molecule has 0 spiro atoms. The van der Waals surface area contributed by atoms with Crippen molar-refractivity contribution in [3.8, 4) is 0 Å². The zero-order chi connectivity index (χ0) is 13.0. The molecule has 0 radical (unpaired) electrons. The Hall–Kier alpha value is -0.280. The van der Waals surface area contributed by atoms with E-state index in [1.54, 1.807) is 7.11 Å². The maximum Gasteiger partial charge on any atom is 0.0595 e. The Morgan fingerprint density at radius 2 is 2.17 bits per heavy atom. The number of benzene rings is 1. The molecular formula is C14H19Cl2NO. The molecule has 1 aliphatic heterocycles. The van der Waals surface area contributed by atoms with Crippen LogP contribution in [0.4, 0.5) is 0 Å². The third-order valence-corrected chi connectivity index (χ3v) is 4.13. The van der Waals surface area contributed by atoms with Crippen molar-refractivity contribution in [1.82, 2.24) is 4.90 Å². The van der Waals surface area contributed by atoms with Gasteiger partial charge in [-0.05, 0) is 43.0 Å². The highest BCUT2D eigenvalue weighted by Gasteiger charge is 2.19. The molecule has 2 nitrogen and oxygen atoms in total. The lowest BCUT2D eigenvalue weighted by Gasteiger charge is -2.32. The van der Waals surface area contributed by atoms with Gasteiger partial charge in [-0.1, -0.05) is 29.3 Å². The molecule has 2 rings (SSSR count). The second kappa shape index (κ2) is 6.76. The van der Waals surface area contributed by atoms with Gasteiger partial charge in [0.2, 0.25) is 0 Å². The second-order valence-electron chi connectivity index (χ2n) is 4.95. The van der Waals surface area contributed by atoms with E-state index in [1.807, 2.05) is 18.2 Å². The Morgan fingerprint density at radius 1 is 1.33 bits per heavy atom. The van der Waals surface area contributed by atoms with Gasteiger partial charge in [0.1, 0.15) is 0 Å². The maximum atomic E-state index is 6.04. The molecule has 0 saturated carbocycles. The van der Waals surface area contributed by atoms with Crippen molar-refractivity contribution >= 4 is 23.2 Å². The summed E-state index contributed by atoms with van der Waals surface area (Å²) in [5.41, 5.74) is 1.22. The lowest BCUT2D eigenvalue weighted by atomic mass is 9.98. The largest absolute Gasteiger partial charge is 0.384 e. The summed E-state index contributed by atoms with van der Waals surface area (Å²) < 4.78 is 5.25. The van der Waals surface area contributed by atoms with Gasteiger partial charge in [-0.15, -0.1) is 0 Å². The van der Waals surface area contributed by atoms with E-state index < -0.39 is 0 Å². The maximum absolute atomic E-state index is 6.04. The van der Waals surface area contributed by atoms with Gasteiger partial charge >= 0.3 is 0 Å². The van der Waals surface area contributed by atoms with Crippen molar-refractivity contribution in [3.05, 3.63) is 33.8 Å². The third-order valence-electron chi connectivity index (χ3n) is 3.40. The summed E-state index contributed by atoms with van der Waals surface area (Å²) in [4.78, 5) is 2.47. The van der Waals surface area contributed by atoms with E-state index in [9.17, 15) is 0 Å². The SMILES string of the molecule is COC[C@H]1CCCN(Cc2ccc(Cl)c(Cl)c2)C1. The molecular weight excluding hydrogens is 269 g/mol. The lowest BCUT2D eigenvalue weighted by Crippen LogP contribution is -2.36. The van der Waals surface area contributed by atoms with Crippen molar-refractivity contribution in [3.63, 3.8) is 0 Å². The Labute approximate surface area is 119 Å². The third kappa shape index (κ3) is 3.86. The van der Waals surface area contributed by atoms with Crippen LogP contribution in [0.5, 0.6) is 0 Å². The molecule has 100 valence electrons. The molecule has 0 unspecified atom stereocenters. The molecule has 0 bridgehead atoms. The standard InChI is InChI=1S/C14H19Cl2NO/c1-18-10-12-3-2-6-17(9-12)8-11-4-5-13(15)14(16)7-11/h4-5,7,12H,2-3,6,8-10H2,1H3/t12-/m0/s1. The van der Waals surface area contributed by atoms with E-state index in [1.165, 1.54) is 18.4 Å². The van der Waals surface area contributed by atoms with Crippen LogP contribution in [0.15, 0.2) is 18.2 Å². The van der Waals surface area contributed by atoms with Crippen LogP contribution in [-0.2, 0) is 11.3 Å². The van der Waals surface area contributed by atoms with Gasteiger partial charge in [0.25, 0.3) is 0 Å². The number of likely N-dealkylation sites (tertiary alicyclic amines) is 1. The van der Waals surface area contributed by atoms with Crippen LogP contribution >= 0.6 is 23.2 Å². The smallest absolute Gasteiger partial charge is 0.0595 e. The van der Waals surface area contributed by atoms with Crippen LogP contribution < -0.4 is 0 Å². The quantitative estimate of drug-likeness (QED) is 0.834. The van der Waals surface area contributed by atoms with Crippen LogP contribution in [0.1, 0.15) is 18.4 Å². The van der Waals surface area contributed by atoms with E-state index in [0.29, 0.717) is 16.0 Å². The molecule has 0 amide bonds. The molecule has 1 atom stereocenters. The summed E-state index contributed by atoms with van der Waals surface area (Å²) >= 11 is 12.0. The summed E-state index contributed by atoms with van der Waals surface area (Å²) in [5.74, 6) is 0.659. The molecule has 4 heteroatoms. The van der Waals surface area contributed by atoms with Crippen molar-refractivity contribution in [2.45, 2.75) is 19.4 Å². The number of nitrogens with zero attached hydrogens (tertiary/aromatic N) is 1. The van der Waals surface area contributed by atoms with Crippen LogP contribution in [0.3, 0.4) is 0 Å². The van der Waals surface area contributed by atoms with Crippen molar-refractivity contribution < 1.29 is 4.74 Å². The molecule has 0 aromatic heterocycles. The van der Waals surface area contributed by atoms with Gasteiger partial charge in [-0.3, -0.25) is 4.90 Å². The zero-order valence-electron chi connectivity index (χ0n) is 10.7. The fourth-order valence-electron chi connectivity index (χ4n) is 2.56. The second-order valence-corrected chi connectivity index (χ2v) is 5.76. The molecule has 0 N–H and O–H groups in total. The van der Waals surface area contributed by atoms with Crippen LogP contribution in [0.2, 0.25) is 10.0 Å². The number of halogens is 2. The number of ether oxygens (including phenoxy) is 1. The summed E-state index contributed by atoms with van der Waals surface area (Å²) in [7, 11) is 1.78. The number of rotatable bonds is 4. The summed E-state index contributed by atoms with van der Waals surface area (Å²) in [6, 6.07) is 5.88. The first kappa shape index (κ1) is 14.1. The topological polar surface area (TPSA) is 12.5 Å². The highest BCUT2D eigenvalue weighted by molar-refractivity contribution is 6.42. The highest BCUT2D eigenvalue weighted by Crippen LogP contribution is 2.24. The normalized spacial score (nSPS) is 21.2. The minimum absolute atomic E-state index is 0.622. The minimum atomic E-state index is 0.622. The van der Waals surface area contributed by atoms with Crippen molar-refractivity contribution in [2.75, 3.05) is 26.8 Å². The van der Waals surface area contributed by atoms with Gasteiger partial charge in [0, 0.05) is 20.2 Å². The number of hydrogen-bond acceptors (Lipinski definition) is 2. The van der Waals surface area contributed by atoms with Gasteiger partial charge in [0.15, 0.2) is 0 Å². The monoisotopic (exact) mass is 287 g/mol. The van der Waals surface area contributed by atoms with Crippen molar-refractivity contribution in [1.29, 1.82) is 0 Å². The molecule has 1 aromatic rings. The Morgan fingerprint density at radius 3 is 2.89 bits per heavy atom. The van der Waals surface area contributed by atoms with Crippen LogP contribution in [0.25, 0.3) is 0 Å². The summed E-state index contributed by atoms with van der Waals surface area (Å²) in [5, 5.41) is 1.26. The Bertz CT molecular complexity index is 395.